The van der Waals surface area contributed by atoms with Crippen LogP contribution in [-0.2, 0) is 0 Å². The van der Waals surface area contributed by atoms with Gasteiger partial charge in [-0.1, -0.05) is 6.58 Å². The van der Waals surface area contributed by atoms with Crippen LogP contribution in [0.2, 0.25) is 0 Å². The highest BCUT2D eigenvalue weighted by atomic mass is 14.8. The summed E-state index contributed by atoms with van der Waals surface area (Å²) in [6.07, 6.45) is 0. The quantitative estimate of drug-likeness (QED) is 0.525. The monoisotopic (exact) mass is 84.1 g/mol. The average Bonchev–Trinajstić information content (AvgIpc) is 1.35. The zero-order chi connectivity index (χ0) is 4.99. The largest absolute Gasteiger partial charge is 0.389 e. The van der Waals surface area contributed by atoms with Gasteiger partial charge in [-0.3, -0.25) is 0 Å². The van der Waals surface area contributed by atoms with Crippen molar-refractivity contribution >= 4 is 0 Å². The Bertz CT molecular complexity index is 47.9. The molecule has 0 aliphatic heterocycles. The molecule has 0 aromatic rings. The van der Waals surface area contributed by atoms with Crippen LogP contribution in [0.3, 0.4) is 0 Å². The minimum absolute atomic E-state index is 0.789. The molecule has 0 bridgehead atoms. The van der Waals surface area contributed by atoms with E-state index in [9.17, 15) is 0 Å². The normalized spacial score (nSPS) is 7.67. The summed E-state index contributed by atoms with van der Waals surface area (Å²) in [7, 11) is 0. The zero-order valence-corrected chi connectivity index (χ0v) is 4.12. The maximum Gasteiger partial charge on any atom is 0.0115 e. The van der Waals surface area contributed by atoms with E-state index in [1.807, 2.05) is 6.92 Å². The number of rotatable bonds is 2. The van der Waals surface area contributed by atoms with Crippen molar-refractivity contribution in [2.45, 2.75) is 6.92 Å². The Morgan fingerprint density at radius 2 is 2.33 bits per heavy atom. The third-order valence-corrected chi connectivity index (χ3v) is 0.427. The SMILES string of the molecule is [CH2]C(=C)NCC. The van der Waals surface area contributed by atoms with E-state index in [1.54, 1.807) is 0 Å². The van der Waals surface area contributed by atoms with E-state index >= 15 is 0 Å². The molecule has 35 valence electrons. The Morgan fingerprint density at radius 3 is 2.33 bits per heavy atom. The van der Waals surface area contributed by atoms with Crippen LogP contribution >= 0.6 is 0 Å². The maximum absolute atomic E-state index is 3.52. The first-order chi connectivity index (χ1) is 2.77. The van der Waals surface area contributed by atoms with Crippen LogP contribution in [0.15, 0.2) is 12.3 Å². The van der Waals surface area contributed by atoms with Crippen molar-refractivity contribution < 1.29 is 0 Å². The van der Waals surface area contributed by atoms with Crippen molar-refractivity contribution in [3.8, 4) is 0 Å². The molecule has 1 radical (unpaired) electrons. The lowest BCUT2D eigenvalue weighted by atomic mass is 10.5. The predicted molar refractivity (Wildman–Crippen MR) is 28.2 cm³/mol. The van der Waals surface area contributed by atoms with E-state index in [1.165, 1.54) is 0 Å². The van der Waals surface area contributed by atoms with Crippen molar-refractivity contribution in [1.29, 1.82) is 0 Å². The lowest BCUT2D eigenvalue weighted by Gasteiger charge is -1.94. The second kappa shape index (κ2) is 2.76. The molecule has 0 aromatic carbocycles. The summed E-state index contributed by atoms with van der Waals surface area (Å²) in [6, 6.07) is 0. The fourth-order valence-electron chi connectivity index (χ4n) is 0.250. The highest BCUT2D eigenvalue weighted by Gasteiger charge is 1.71. The van der Waals surface area contributed by atoms with Gasteiger partial charge in [-0.2, -0.15) is 0 Å². The van der Waals surface area contributed by atoms with Gasteiger partial charge >= 0.3 is 0 Å². The summed E-state index contributed by atoms with van der Waals surface area (Å²) >= 11 is 0. The molecule has 1 N–H and O–H groups in total. The molecular weight excluding hydrogens is 74.1 g/mol. The number of hydrogen-bond donors (Lipinski definition) is 1. The molecule has 0 fully saturated rings. The second-order valence-electron chi connectivity index (χ2n) is 1.13. The third kappa shape index (κ3) is 3.54. The van der Waals surface area contributed by atoms with Gasteiger partial charge < -0.3 is 5.32 Å². The molecule has 0 atom stereocenters. The summed E-state index contributed by atoms with van der Waals surface area (Å²) in [6.45, 7) is 9.97. The molecule has 0 heterocycles. The lowest BCUT2D eigenvalue weighted by Crippen LogP contribution is -2.07. The topological polar surface area (TPSA) is 12.0 Å². The molecule has 0 unspecified atom stereocenters. The molecule has 0 aliphatic rings. The molecule has 0 amide bonds. The Morgan fingerprint density at radius 1 is 1.83 bits per heavy atom. The van der Waals surface area contributed by atoms with E-state index in [2.05, 4.69) is 18.8 Å². The standard InChI is InChI=1S/C5H10N/c1-4-6-5(2)3/h6H,2-4H2,1H3. The van der Waals surface area contributed by atoms with E-state index < -0.39 is 0 Å². The van der Waals surface area contributed by atoms with Gasteiger partial charge in [0, 0.05) is 12.2 Å². The van der Waals surface area contributed by atoms with Gasteiger partial charge in [0.15, 0.2) is 0 Å². The molecule has 1 heteroatoms. The first kappa shape index (κ1) is 5.54. The number of nitrogens with one attached hydrogen (secondary N) is 1. The summed E-state index contributed by atoms with van der Waals surface area (Å²) < 4.78 is 0. The molecule has 0 spiro atoms. The zero-order valence-electron chi connectivity index (χ0n) is 4.12. The fraction of sp³-hybridized carbons (Fsp3) is 0.400. The Labute approximate surface area is 39.1 Å². The van der Waals surface area contributed by atoms with Gasteiger partial charge in [0.1, 0.15) is 0 Å². The fourth-order valence-corrected chi connectivity index (χ4v) is 0.250. The molecule has 0 aromatic heterocycles. The summed E-state index contributed by atoms with van der Waals surface area (Å²) in [5.41, 5.74) is 0.789. The molecular formula is C5H10N. The third-order valence-electron chi connectivity index (χ3n) is 0.427. The Kier molecular flexibility index (Phi) is 2.55. The molecule has 1 nitrogen and oxygen atoms in total. The summed E-state index contributed by atoms with van der Waals surface area (Å²) in [4.78, 5) is 0. The highest BCUT2D eigenvalue weighted by Crippen LogP contribution is 1.71. The molecule has 0 rings (SSSR count). The molecule has 0 saturated heterocycles. The molecule has 6 heavy (non-hydrogen) atoms. The average molecular weight is 84.1 g/mol. The Hall–Kier alpha value is -0.460. The van der Waals surface area contributed by atoms with Crippen LogP contribution in [0, 0.1) is 6.92 Å². The van der Waals surface area contributed by atoms with E-state index in [0.29, 0.717) is 0 Å². The van der Waals surface area contributed by atoms with Crippen molar-refractivity contribution in [2.24, 2.45) is 0 Å². The van der Waals surface area contributed by atoms with Crippen molar-refractivity contribution in [1.82, 2.24) is 5.32 Å². The van der Waals surface area contributed by atoms with E-state index in [-0.39, 0.29) is 0 Å². The summed E-state index contributed by atoms with van der Waals surface area (Å²) in [5, 5.41) is 2.90. The number of hydrogen-bond acceptors (Lipinski definition) is 1. The lowest BCUT2D eigenvalue weighted by molar-refractivity contribution is 0.882. The molecule has 0 aliphatic carbocycles. The summed E-state index contributed by atoms with van der Waals surface area (Å²) in [5.74, 6) is 0. The van der Waals surface area contributed by atoms with Gasteiger partial charge in [-0.15, -0.1) is 0 Å². The van der Waals surface area contributed by atoms with Gasteiger partial charge in [-0.05, 0) is 13.8 Å². The van der Waals surface area contributed by atoms with Gasteiger partial charge in [-0.25, -0.2) is 0 Å². The molecule has 0 saturated carbocycles. The second-order valence-corrected chi connectivity index (χ2v) is 1.13. The van der Waals surface area contributed by atoms with Gasteiger partial charge in [0.25, 0.3) is 0 Å². The smallest absolute Gasteiger partial charge is 0.0115 e. The minimum atomic E-state index is 0.789. The van der Waals surface area contributed by atoms with E-state index in [0.717, 1.165) is 12.2 Å². The van der Waals surface area contributed by atoms with Crippen molar-refractivity contribution in [3.05, 3.63) is 19.2 Å². The van der Waals surface area contributed by atoms with Crippen LogP contribution in [-0.4, -0.2) is 6.54 Å². The van der Waals surface area contributed by atoms with Crippen LogP contribution in [0.5, 0.6) is 0 Å². The maximum atomic E-state index is 3.52. The Balaban J connectivity index is 2.83. The van der Waals surface area contributed by atoms with Gasteiger partial charge in [0.05, 0.1) is 0 Å². The van der Waals surface area contributed by atoms with Crippen molar-refractivity contribution in [2.75, 3.05) is 6.54 Å². The van der Waals surface area contributed by atoms with Gasteiger partial charge in [0.2, 0.25) is 0 Å². The highest BCUT2D eigenvalue weighted by molar-refractivity contribution is 4.92. The van der Waals surface area contributed by atoms with Crippen molar-refractivity contribution in [3.63, 3.8) is 0 Å². The van der Waals surface area contributed by atoms with Crippen LogP contribution in [0.1, 0.15) is 6.92 Å². The first-order valence-electron chi connectivity index (χ1n) is 2.02. The predicted octanol–water partition coefficient (Wildman–Crippen LogP) is 0.944. The number of allylic oxidation sites excluding steroid dienone is 1. The van der Waals surface area contributed by atoms with Crippen LogP contribution in [0.25, 0.3) is 0 Å². The van der Waals surface area contributed by atoms with E-state index in [4.69, 9.17) is 0 Å². The van der Waals surface area contributed by atoms with Crippen LogP contribution < -0.4 is 5.32 Å². The first-order valence-corrected chi connectivity index (χ1v) is 2.02. The minimum Gasteiger partial charge on any atom is -0.389 e. The van der Waals surface area contributed by atoms with Crippen LogP contribution in [0.4, 0.5) is 0 Å².